The molecule has 3 aromatic rings. The summed E-state index contributed by atoms with van der Waals surface area (Å²) in [6.45, 7) is 1.78. The Morgan fingerprint density at radius 3 is 2.50 bits per heavy atom. The summed E-state index contributed by atoms with van der Waals surface area (Å²) in [6.07, 6.45) is 0.544. The van der Waals surface area contributed by atoms with E-state index < -0.39 is 21.3 Å². The summed E-state index contributed by atoms with van der Waals surface area (Å²) in [6, 6.07) is 13.3. The van der Waals surface area contributed by atoms with E-state index >= 15 is 0 Å². The number of rotatable bonds is 5. The van der Waals surface area contributed by atoms with Gasteiger partial charge in [0.2, 0.25) is 10.0 Å². The molecule has 1 aromatic heterocycles. The minimum absolute atomic E-state index is 0.0194. The Morgan fingerprint density at radius 2 is 1.81 bits per heavy atom. The molecule has 1 atom stereocenters. The van der Waals surface area contributed by atoms with Crippen molar-refractivity contribution in [1.29, 1.82) is 0 Å². The maximum Gasteiger partial charge on any atom is 0.328 e. The second kappa shape index (κ2) is 6.89. The maximum absolute atomic E-state index is 12.6. The predicted molar refractivity (Wildman–Crippen MR) is 99.7 cm³/mol. The molecule has 0 bridgehead atoms. The van der Waals surface area contributed by atoms with E-state index in [-0.39, 0.29) is 16.3 Å². The van der Waals surface area contributed by atoms with Gasteiger partial charge in [0, 0.05) is 13.1 Å². The van der Waals surface area contributed by atoms with Crippen LogP contribution < -0.4 is 16.0 Å². The van der Waals surface area contributed by atoms with Gasteiger partial charge >= 0.3 is 5.69 Å². The van der Waals surface area contributed by atoms with E-state index in [1.807, 2.05) is 30.3 Å². The van der Waals surface area contributed by atoms with Crippen molar-refractivity contribution in [1.82, 2.24) is 14.3 Å². The number of hydrogen-bond acceptors (Lipinski definition) is 4. The van der Waals surface area contributed by atoms with Crippen LogP contribution in [0.1, 0.15) is 12.5 Å². The van der Waals surface area contributed by atoms with Crippen LogP contribution in [0.5, 0.6) is 0 Å². The third kappa shape index (κ3) is 3.61. The zero-order chi connectivity index (χ0) is 18.9. The highest BCUT2D eigenvalue weighted by Crippen LogP contribution is 2.15. The van der Waals surface area contributed by atoms with Crippen molar-refractivity contribution in [2.75, 3.05) is 0 Å². The molecule has 0 aliphatic carbocycles. The molecule has 8 heteroatoms. The van der Waals surface area contributed by atoms with Gasteiger partial charge in [-0.15, -0.1) is 0 Å². The molecule has 0 saturated heterocycles. The highest BCUT2D eigenvalue weighted by Gasteiger charge is 2.19. The number of H-pyrrole nitrogens is 1. The van der Waals surface area contributed by atoms with Crippen LogP contribution in [-0.4, -0.2) is 24.0 Å². The third-order valence-electron chi connectivity index (χ3n) is 4.12. The quantitative estimate of drug-likeness (QED) is 0.700. The molecule has 0 radical (unpaired) electrons. The number of aromatic nitrogens is 2. The highest BCUT2D eigenvalue weighted by molar-refractivity contribution is 7.89. The predicted octanol–water partition coefficient (Wildman–Crippen LogP) is 1.14. The summed E-state index contributed by atoms with van der Waals surface area (Å²) in [5.74, 6) is 0. The van der Waals surface area contributed by atoms with Gasteiger partial charge < -0.3 is 4.98 Å². The molecule has 0 aliphatic rings. The Labute approximate surface area is 150 Å². The first kappa shape index (κ1) is 18.1. The second-order valence-corrected chi connectivity index (χ2v) is 7.93. The molecule has 0 aliphatic heterocycles. The van der Waals surface area contributed by atoms with Crippen LogP contribution in [0.3, 0.4) is 0 Å². The van der Waals surface area contributed by atoms with E-state index in [9.17, 15) is 18.0 Å². The van der Waals surface area contributed by atoms with Gasteiger partial charge in [-0.3, -0.25) is 9.36 Å². The van der Waals surface area contributed by atoms with Crippen molar-refractivity contribution in [3.05, 3.63) is 74.9 Å². The Morgan fingerprint density at radius 1 is 1.12 bits per heavy atom. The first-order chi connectivity index (χ1) is 12.3. The Balaban J connectivity index is 1.92. The molecule has 2 aromatic carbocycles. The summed E-state index contributed by atoms with van der Waals surface area (Å²) < 4.78 is 28.8. The van der Waals surface area contributed by atoms with Gasteiger partial charge in [0.15, 0.2) is 0 Å². The summed E-state index contributed by atoms with van der Waals surface area (Å²) in [5, 5.41) is 0.144. The molecule has 3 rings (SSSR count). The fraction of sp³-hybridized carbons (Fsp3) is 0.222. The fourth-order valence-corrected chi connectivity index (χ4v) is 4.06. The number of fused-ring (bicyclic) bond motifs is 1. The zero-order valence-electron chi connectivity index (χ0n) is 14.4. The van der Waals surface area contributed by atoms with Gasteiger partial charge in [-0.05, 0) is 37.1 Å². The second-order valence-electron chi connectivity index (χ2n) is 6.21. The summed E-state index contributed by atoms with van der Waals surface area (Å²) >= 11 is 0. The zero-order valence-corrected chi connectivity index (χ0v) is 15.2. The number of sulfonamides is 1. The largest absolute Gasteiger partial charge is 0.328 e. The monoisotopic (exact) mass is 373 g/mol. The van der Waals surface area contributed by atoms with Gasteiger partial charge in [0.05, 0.1) is 15.8 Å². The van der Waals surface area contributed by atoms with Crippen LogP contribution in [-0.2, 0) is 23.5 Å². The topological polar surface area (TPSA) is 101 Å². The molecule has 7 nitrogen and oxygen atoms in total. The Bertz CT molecular complexity index is 1160. The smallest absolute Gasteiger partial charge is 0.307 e. The SMILES string of the molecule is C[C@@H](Cc1ccccc1)NS(=O)(=O)c1ccc2[nH]c(=O)n(C)c(=O)c2c1. The van der Waals surface area contributed by atoms with Crippen molar-refractivity contribution in [3.63, 3.8) is 0 Å². The maximum atomic E-state index is 12.6. The molecule has 0 unspecified atom stereocenters. The van der Waals surface area contributed by atoms with Crippen LogP contribution in [0.2, 0.25) is 0 Å². The number of aromatic amines is 1. The lowest BCUT2D eigenvalue weighted by Crippen LogP contribution is -2.35. The molecule has 1 heterocycles. The minimum Gasteiger partial charge on any atom is -0.307 e. The molecule has 0 spiro atoms. The molecule has 0 fully saturated rings. The third-order valence-corrected chi connectivity index (χ3v) is 5.71. The first-order valence-electron chi connectivity index (χ1n) is 8.07. The standard InChI is InChI=1S/C18H19N3O4S/c1-12(10-13-6-4-3-5-7-13)20-26(24,25)14-8-9-16-15(11-14)17(22)21(2)18(23)19-16/h3-9,11-12,20H,10H2,1-2H3,(H,19,23)/t12-/m0/s1. The van der Waals surface area contributed by atoms with Crippen LogP contribution in [0.25, 0.3) is 10.9 Å². The van der Waals surface area contributed by atoms with E-state index in [2.05, 4.69) is 9.71 Å². The van der Waals surface area contributed by atoms with Crippen molar-refractivity contribution in [2.45, 2.75) is 24.3 Å². The van der Waals surface area contributed by atoms with Gasteiger partial charge in [-0.25, -0.2) is 17.9 Å². The average Bonchev–Trinajstić information content (AvgIpc) is 2.60. The van der Waals surface area contributed by atoms with Crippen molar-refractivity contribution < 1.29 is 8.42 Å². The van der Waals surface area contributed by atoms with Crippen LogP contribution >= 0.6 is 0 Å². The fourth-order valence-electron chi connectivity index (χ4n) is 2.79. The summed E-state index contributed by atoms with van der Waals surface area (Å²) in [5.41, 5.74) is 0.230. The number of nitrogens with zero attached hydrogens (tertiary/aromatic N) is 1. The van der Waals surface area contributed by atoms with Crippen molar-refractivity contribution >= 4 is 20.9 Å². The lowest BCUT2D eigenvalue weighted by molar-refractivity contribution is 0.560. The van der Waals surface area contributed by atoms with Gasteiger partial charge in [0.1, 0.15) is 0 Å². The molecule has 0 amide bonds. The Kier molecular flexibility index (Phi) is 4.80. The average molecular weight is 373 g/mol. The number of nitrogens with one attached hydrogen (secondary N) is 2. The van der Waals surface area contributed by atoms with Crippen molar-refractivity contribution in [3.8, 4) is 0 Å². The van der Waals surface area contributed by atoms with Crippen LogP contribution in [0.4, 0.5) is 0 Å². The van der Waals surface area contributed by atoms with E-state index in [0.717, 1.165) is 10.1 Å². The minimum atomic E-state index is -3.80. The molecule has 0 saturated carbocycles. The van der Waals surface area contributed by atoms with Crippen LogP contribution in [0.15, 0.2) is 63.0 Å². The number of benzene rings is 2. The van der Waals surface area contributed by atoms with Gasteiger partial charge in [0.25, 0.3) is 5.56 Å². The van der Waals surface area contributed by atoms with E-state index in [1.165, 1.54) is 25.2 Å². The van der Waals surface area contributed by atoms with Crippen LogP contribution in [0, 0.1) is 0 Å². The molecule has 26 heavy (non-hydrogen) atoms. The highest BCUT2D eigenvalue weighted by atomic mass is 32.2. The normalized spacial score (nSPS) is 13.0. The summed E-state index contributed by atoms with van der Waals surface area (Å²) in [7, 11) is -2.47. The van der Waals surface area contributed by atoms with Gasteiger partial charge in [-0.1, -0.05) is 30.3 Å². The molecular weight excluding hydrogens is 354 g/mol. The lowest BCUT2D eigenvalue weighted by atomic mass is 10.1. The number of hydrogen-bond donors (Lipinski definition) is 2. The van der Waals surface area contributed by atoms with Gasteiger partial charge in [-0.2, -0.15) is 0 Å². The van der Waals surface area contributed by atoms with E-state index in [0.29, 0.717) is 11.9 Å². The Hall–Kier alpha value is -2.71. The molecule has 2 N–H and O–H groups in total. The van der Waals surface area contributed by atoms with Crippen molar-refractivity contribution in [2.24, 2.45) is 7.05 Å². The summed E-state index contributed by atoms with van der Waals surface area (Å²) in [4.78, 5) is 26.4. The lowest BCUT2D eigenvalue weighted by Gasteiger charge is -2.14. The van der Waals surface area contributed by atoms with E-state index in [4.69, 9.17) is 0 Å². The molecular formula is C18H19N3O4S. The van der Waals surface area contributed by atoms with E-state index in [1.54, 1.807) is 6.92 Å². The molecule has 136 valence electrons. The first-order valence-corrected chi connectivity index (χ1v) is 9.55.